The summed E-state index contributed by atoms with van der Waals surface area (Å²) in [6.07, 6.45) is 0.710. The maximum Gasteiger partial charge on any atom is 0.153 e. The number of hydrogen-bond acceptors (Lipinski definition) is 5. The molecule has 6 heteroatoms. The zero-order valence-electron chi connectivity index (χ0n) is 8.73. The van der Waals surface area contributed by atoms with E-state index in [0.717, 1.165) is 0 Å². The van der Waals surface area contributed by atoms with E-state index in [-0.39, 0.29) is 47.4 Å². The Hall–Kier alpha value is -0.676. The van der Waals surface area contributed by atoms with Crippen LogP contribution in [-0.4, -0.2) is 21.9 Å². The van der Waals surface area contributed by atoms with Crippen molar-refractivity contribution in [2.75, 3.05) is 5.32 Å². The fourth-order valence-corrected chi connectivity index (χ4v) is 0.834. The topological polar surface area (TPSA) is 63.1 Å². The summed E-state index contributed by atoms with van der Waals surface area (Å²) in [5, 5.41) is 10.5. The molecule has 0 saturated heterocycles. The van der Waals surface area contributed by atoms with Crippen LogP contribution in [0.4, 0.5) is 5.82 Å². The van der Waals surface area contributed by atoms with Crippen molar-refractivity contribution >= 4 is 12.5 Å². The average molecular weight is 297 g/mol. The summed E-state index contributed by atoms with van der Waals surface area (Å²) in [5.41, 5.74) is 0.647. The van der Waals surface area contributed by atoms with Gasteiger partial charge in [0, 0.05) is 40.6 Å². The number of aryl methyl sites for hydroxylation is 2. The molecule has 16 heavy (non-hydrogen) atoms. The number of hydrogen-bond donors (Lipinski definition) is 1. The van der Waals surface area contributed by atoms with Crippen molar-refractivity contribution in [3.63, 3.8) is 0 Å². The van der Waals surface area contributed by atoms with Gasteiger partial charge in [0.2, 0.25) is 0 Å². The van der Waals surface area contributed by atoms with Crippen LogP contribution in [0.25, 0.3) is 0 Å². The van der Waals surface area contributed by atoms with Gasteiger partial charge in [0.25, 0.3) is 0 Å². The molecule has 1 heterocycles. The quantitative estimate of drug-likeness (QED) is 0.681. The van der Waals surface area contributed by atoms with E-state index in [1.165, 1.54) is 0 Å². The first kappa shape index (κ1) is 17.7. The maximum absolute atomic E-state index is 5.39. The van der Waals surface area contributed by atoms with Gasteiger partial charge in [-0.05, 0) is 6.92 Å². The molecule has 0 saturated carbocycles. The first-order valence-corrected chi connectivity index (χ1v) is 4.18. The van der Waals surface area contributed by atoms with E-state index in [2.05, 4.69) is 25.5 Å². The van der Waals surface area contributed by atoms with Gasteiger partial charge < -0.3 is 16.9 Å². The third-order valence-electron chi connectivity index (χ3n) is 1.60. The van der Waals surface area contributed by atoms with Crippen LogP contribution in [0.3, 0.4) is 0 Å². The van der Waals surface area contributed by atoms with Crippen molar-refractivity contribution < 1.29 is 34.1 Å². The molecule has 0 spiro atoms. The molecular weight excluding hydrogens is 279 g/mol. The fourth-order valence-electron chi connectivity index (χ4n) is 0.834. The Morgan fingerprint density at radius 1 is 1.50 bits per heavy atom. The van der Waals surface area contributed by atoms with E-state index in [1.807, 2.05) is 6.92 Å². The normalized spacial score (nSPS) is 8.38. The molecule has 0 aliphatic heterocycles. The van der Waals surface area contributed by atoms with Crippen molar-refractivity contribution in [1.82, 2.24) is 15.2 Å². The number of rotatable bonds is 4. The van der Waals surface area contributed by atoms with Crippen molar-refractivity contribution in [3.8, 4) is 0 Å². The second-order valence-corrected chi connectivity index (χ2v) is 2.65. The minimum absolute atomic E-state index is 0. The number of aromatic nitrogens is 3. The standard InChI is InChI=1S/C9H11N5.CH4.Y.H2/c1-5-8-12-9(6(2)13-14-8)11-7(3)10-4;;;/h3-4H,5H2,1-2H3,(H,11,12,14);1H4;;1H/q-2;;;/i;;;1+1. The van der Waals surface area contributed by atoms with Crippen LogP contribution < -0.4 is 5.32 Å². The number of nitrogens with zero attached hydrogens (tertiary/aromatic N) is 4. The summed E-state index contributed by atoms with van der Waals surface area (Å²) >= 11 is 0. The fraction of sp³-hybridized carbons (Fsp3) is 0.400. The minimum Gasteiger partial charge on any atom is -0.577 e. The number of anilines is 1. The van der Waals surface area contributed by atoms with Gasteiger partial charge in [-0.1, -0.05) is 14.4 Å². The van der Waals surface area contributed by atoms with Crippen LogP contribution in [-0.2, 0) is 39.1 Å². The first-order valence-electron chi connectivity index (χ1n) is 4.18. The van der Waals surface area contributed by atoms with E-state index in [0.29, 0.717) is 23.8 Å². The largest absolute Gasteiger partial charge is 0.577 e. The molecule has 0 amide bonds. The van der Waals surface area contributed by atoms with Gasteiger partial charge >= 0.3 is 0 Å². The molecule has 1 aromatic heterocycles. The third-order valence-corrected chi connectivity index (χ3v) is 1.60. The third kappa shape index (κ3) is 4.90. The number of aliphatic imine (C=N–C) groups is 1. The summed E-state index contributed by atoms with van der Waals surface area (Å²) < 4.78 is 0. The van der Waals surface area contributed by atoms with Gasteiger partial charge in [-0.3, -0.25) is 0 Å². The van der Waals surface area contributed by atoms with Gasteiger partial charge in [-0.25, -0.2) is 10.8 Å². The van der Waals surface area contributed by atoms with Crippen LogP contribution in [0.5, 0.6) is 0 Å². The molecule has 0 fully saturated rings. The minimum atomic E-state index is 0. The van der Waals surface area contributed by atoms with E-state index >= 15 is 0 Å². The van der Waals surface area contributed by atoms with Gasteiger partial charge in [0.05, 0.1) is 0 Å². The average Bonchev–Trinajstić information content (AvgIpc) is 2.21. The maximum atomic E-state index is 5.39. The molecule has 0 aliphatic carbocycles. The molecule has 0 unspecified atom stereocenters. The molecule has 87 valence electrons. The molecule has 1 rings (SSSR count). The summed E-state index contributed by atoms with van der Waals surface area (Å²) in [5.74, 6) is 1.27. The molecule has 0 bridgehead atoms. The Balaban J connectivity index is -0.000000653. The Labute approximate surface area is 123 Å². The van der Waals surface area contributed by atoms with Crippen molar-refractivity contribution in [3.05, 3.63) is 23.9 Å². The smallest absolute Gasteiger partial charge is 0.153 e. The van der Waals surface area contributed by atoms with Crippen LogP contribution in [0.2, 0.25) is 0 Å². The van der Waals surface area contributed by atoms with Crippen molar-refractivity contribution in [2.45, 2.75) is 27.7 Å². The van der Waals surface area contributed by atoms with E-state index in [4.69, 9.17) is 13.3 Å². The van der Waals surface area contributed by atoms with E-state index in [9.17, 15) is 0 Å². The monoisotopic (exact) mass is 297 g/mol. The van der Waals surface area contributed by atoms with Gasteiger partial charge in [-0.15, -0.1) is 5.10 Å². The zero-order valence-corrected chi connectivity index (χ0v) is 11.6. The summed E-state index contributed by atoms with van der Waals surface area (Å²) in [7, 11) is 0. The first-order chi connectivity index (χ1) is 6.67. The molecule has 1 radical (unpaired) electrons. The summed E-state index contributed by atoms with van der Waals surface area (Å²) in [6.45, 7) is 14.1. The van der Waals surface area contributed by atoms with Crippen LogP contribution in [0.1, 0.15) is 27.3 Å². The predicted octanol–water partition coefficient (Wildman–Crippen LogP) is 1.89. The van der Waals surface area contributed by atoms with E-state index < -0.39 is 0 Å². The Kier molecular flexibility index (Phi) is 9.38. The molecule has 1 N–H and O–H groups in total. The van der Waals surface area contributed by atoms with Gasteiger partial charge in [0.15, 0.2) is 5.82 Å². The van der Waals surface area contributed by atoms with Gasteiger partial charge in [0.1, 0.15) is 11.5 Å². The Morgan fingerprint density at radius 3 is 2.62 bits per heavy atom. The van der Waals surface area contributed by atoms with Crippen molar-refractivity contribution in [2.24, 2.45) is 4.99 Å². The zero-order chi connectivity index (χ0) is 10.6. The van der Waals surface area contributed by atoms with Gasteiger partial charge in [-0.2, -0.15) is 11.8 Å². The SMILES string of the molecule is C.[2HH].[CH-]=NC(=[CH-])Nc1nc(CC)nnc1C.[Y]. The molecule has 0 atom stereocenters. The second kappa shape index (κ2) is 8.47. The molecular formula is C10H17N5Y-2. The Morgan fingerprint density at radius 2 is 2.12 bits per heavy atom. The molecule has 0 aromatic carbocycles. The molecule has 1 aromatic rings. The van der Waals surface area contributed by atoms with E-state index in [1.54, 1.807) is 6.92 Å². The molecule has 5 nitrogen and oxygen atoms in total. The van der Waals surface area contributed by atoms with Crippen LogP contribution in [0, 0.1) is 13.5 Å². The second-order valence-electron chi connectivity index (χ2n) is 2.65. The Bertz CT molecular complexity index is 370. The van der Waals surface area contributed by atoms with Crippen LogP contribution in [0.15, 0.2) is 10.8 Å². The van der Waals surface area contributed by atoms with Crippen LogP contribution >= 0.6 is 0 Å². The summed E-state index contributed by atoms with van der Waals surface area (Å²) in [4.78, 5) is 7.45. The summed E-state index contributed by atoms with van der Waals surface area (Å²) in [6, 6.07) is 0. The van der Waals surface area contributed by atoms with Crippen molar-refractivity contribution in [1.29, 1.82) is 0 Å². The number of nitrogens with one attached hydrogen (secondary N) is 1. The molecule has 0 aliphatic rings. The predicted molar refractivity (Wildman–Crippen MR) is 62.7 cm³/mol.